The Morgan fingerprint density at radius 2 is 2.19 bits per heavy atom. The van der Waals surface area contributed by atoms with Crippen LogP contribution in [-0.4, -0.2) is 42.1 Å². The highest BCUT2D eigenvalue weighted by Gasteiger charge is 2.47. The van der Waals surface area contributed by atoms with Gasteiger partial charge in [0.1, 0.15) is 5.75 Å². The summed E-state index contributed by atoms with van der Waals surface area (Å²) in [5.74, 6) is -0.0428. The van der Waals surface area contributed by atoms with Gasteiger partial charge in [-0.25, -0.2) is 0 Å². The molecule has 3 atom stereocenters. The van der Waals surface area contributed by atoms with E-state index in [9.17, 15) is 9.59 Å². The lowest BCUT2D eigenvalue weighted by Crippen LogP contribution is -2.31. The molecule has 1 saturated heterocycles. The van der Waals surface area contributed by atoms with Gasteiger partial charge in [0.2, 0.25) is 5.91 Å². The summed E-state index contributed by atoms with van der Waals surface area (Å²) in [5.41, 5.74) is 1.13. The monoisotopic (exact) mass is 289 g/mol. The molecule has 0 spiro atoms. The summed E-state index contributed by atoms with van der Waals surface area (Å²) >= 11 is 0. The number of ether oxygens (including phenoxy) is 1. The zero-order chi connectivity index (χ0) is 15.0. The van der Waals surface area contributed by atoms with Crippen molar-refractivity contribution < 1.29 is 19.4 Å². The molecule has 2 aliphatic rings. The lowest BCUT2D eigenvalue weighted by molar-refractivity contribution is -0.141. The Balaban J connectivity index is 1.62. The number of methoxy groups -OCH3 is 1. The molecule has 21 heavy (non-hydrogen) atoms. The SMILES string of the molecule is COc1cccc(C2CC2C(=O)N2CCC(C(=O)O)C2)c1. The minimum atomic E-state index is -0.801. The number of aliphatic carboxylic acids is 1. The van der Waals surface area contributed by atoms with Crippen LogP contribution in [0.4, 0.5) is 0 Å². The molecule has 1 saturated carbocycles. The molecule has 5 heteroatoms. The molecule has 2 fully saturated rings. The van der Waals surface area contributed by atoms with Gasteiger partial charge in [-0.15, -0.1) is 0 Å². The van der Waals surface area contributed by atoms with Crippen LogP contribution >= 0.6 is 0 Å². The molecule has 0 aromatic heterocycles. The number of benzene rings is 1. The van der Waals surface area contributed by atoms with Crippen LogP contribution in [0.5, 0.6) is 5.75 Å². The van der Waals surface area contributed by atoms with Gasteiger partial charge in [-0.2, -0.15) is 0 Å². The van der Waals surface area contributed by atoms with Gasteiger partial charge >= 0.3 is 5.97 Å². The lowest BCUT2D eigenvalue weighted by Gasteiger charge is -2.15. The number of hydrogen-bond donors (Lipinski definition) is 1. The highest BCUT2D eigenvalue weighted by atomic mass is 16.5. The van der Waals surface area contributed by atoms with Crippen LogP contribution in [0, 0.1) is 11.8 Å². The fraction of sp³-hybridized carbons (Fsp3) is 0.500. The molecule has 3 unspecified atom stereocenters. The third-order valence-electron chi connectivity index (χ3n) is 4.48. The molecular formula is C16H19NO4. The number of rotatable bonds is 4. The van der Waals surface area contributed by atoms with E-state index in [-0.39, 0.29) is 17.7 Å². The molecule has 1 aromatic rings. The maximum absolute atomic E-state index is 12.4. The maximum atomic E-state index is 12.4. The number of carboxylic acid groups (broad SMARTS) is 1. The van der Waals surface area contributed by atoms with Crippen molar-refractivity contribution in [2.24, 2.45) is 11.8 Å². The van der Waals surface area contributed by atoms with Gasteiger partial charge in [0.15, 0.2) is 0 Å². The zero-order valence-corrected chi connectivity index (χ0v) is 12.0. The van der Waals surface area contributed by atoms with Gasteiger partial charge < -0.3 is 14.7 Å². The van der Waals surface area contributed by atoms with Crippen molar-refractivity contribution in [3.63, 3.8) is 0 Å². The van der Waals surface area contributed by atoms with Crippen LogP contribution in [0.15, 0.2) is 24.3 Å². The predicted molar refractivity (Wildman–Crippen MR) is 76.2 cm³/mol. The Hall–Kier alpha value is -2.04. The molecule has 5 nitrogen and oxygen atoms in total. The first-order valence-electron chi connectivity index (χ1n) is 7.25. The minimum absolute atomic E-state index is 0.00431. The first-order valence-corrected chi connectivity index (χ1v) is 7.25. The third-order valence-corrected chi connectivity index (χ3v) is 4.48. The second-order valence-electron chi connectivity index (χ2n) is 5.83. The number of carbonyl (C=O) groups excluding carboxylic acids is 1. The minimum Gasteiger partial charge on any atom is -0.497 e. The fourth-order valence-corrected chi connectivity index (χ4v) is 3.10. The molecule has 1 N–H and O–H groups in total. The first-order chi connectivity index (χ1) is 10.1. The fourth-order valence-electron chi connectivity index (χ4n) is 3.10. The van der Waals surface area contributed by atoms with E-state index in [0.29, 0.717) is 19.5 Å². The summed E-state index contributed by atoms with van der Waals surface area (Å²) < 4.78 is 5.21. The number of nitrogens with zero attached hydrogens (tertiary/aromatic N) is 1. The summed E-state index contributed by atoms with van der Waals surface area (Å²) in [6.45, 7) is 0.923. The van der Waals surface area contributed by atoms with Crippen molar-refractivity contribution in [3.05, 3.63) is 29.8 Å². The van der Waals surface area contributed by atoms with Crippen molar-refractivity contribution in [2.45, 2.75) is 18.8 Å². The zero-order valence-electron chi connectivity index (χ0n) is 12.0. The van der Waals surface area contributed by atoms with E-state index < -0.39 is 11.9 Å². The Bertz CT molecular complexity index is 571. The molecule has 0 bridgehead atoms. The van der Waals surface area contributed by atoms with Crippen molar-refractivity contribution in [3.8, 4) is 5.75 Å². The topological polar surface area (TPSA) is 66.8 Å². The summed E-state index contributed by atoms with van der Waals surface area (Å²) in [7, 11) is 1.63. The van der Waals surface area contributed by atoms with E-state index in [2.05, 4.69) is 0 Å². The van der Waals surface area contributed by atoms with Gasteiger partial charge in [-0.05, 0) is 36.5 Å². The second-order valence-corrected chi connectivity index (χ2v) is 5.83. The number of likely N-dealkylation sites (tertiary alicyclic amines) is 1. The average molecular weight is 289 g/mol. The molecule has 0 radical (unpaired) electrons. The largest absolute Gasteiger partial charge is 0.497 e. The van der Waals surface area contributed by atoms with E-state index >= 15 is 0 Å². The van der Waals surface area contributed by atoms with E-state index in [1.807, 2.05) is 24.3 Å². The van der Waals surface area contributed by atoms with Gasteiger partial charge in [0.25, 0.3) is 0 Å². The smallest absolute Gasteiger partial charge is 0.308 e. The van der Waals surface area contributed by atoms with Crippen LogP contribution in [0.1, 0.15) is 24.3 Å². The van der Waals surface area contributed by atoms with Gasteiger partial charge in [-0.3, -0.25) is 9.59 Å². The quantitative estimate of drug-likeness (QED) is 0.916. The Kier molecular flexibility index (Phi) is 3.57. The molecule has 1 aromatic carbocycles. The lowest BCUT2D eigenvalue weighted by atomic mass is 10.1. The molecule has 1 aliphatic heterocycles. The summed E-state index contributed by atoms with van der Waals surface area (Å²) in [6, 6.07) is 7.82. The van der Waals surface area contributed by atoms with Gasteiger partial charge in [-0.1, -0.05) is 12.1 Å². The molecule has 1 aliphatic carbocycles. The molecular weight excluding hydrogens is 270 g/mol. The predicted octanol–water partition coefficient (Wildman–Crippen LogP) is 1.73. The molecule has 1 heterocycles. The molecule has 112 valence electrons. The van der Waals surface area contributed by atoms with Crippen LogP contribution < -0.4 is 4.74 Å². The molecule has 1 amide bonds. The summed E-state index contributed by atoms with van der Waals surface area (Å²) in [6.07, 6.45) is 1.41. The Morgan fingerprint density at radius 1 is 1.38 bits per heavy atom. The van der Waals surface area contributed by atoms with E-state index in [1.54, 1.807) is 12.0 Å². The van der Waals surface area contributed by atoms with Crippen molar-refractivity contribution in [2.75, 3.05) is 20.2 Å². The van der Waals surface area contributed by atoms with E-state index in [4.69, 9.17) is 9.84 Å². The average Bonchev–Trinajstić information content (AvgIpc) is 3.14. The Labute approximate surface area is 123 Å². The summed E-state index contributed by atoms with van der Waals surface area (Å²) in [5, 5.41) is 9.00. The highest BCUT2D eigenvalue weighted by Crippen LogP contribution is 2.49. The molecule has 3 rings (SSSR count). The van der Waals surface area contributed by atoms with Crippen molar-refractivity contribution in [1.82, 2.24) is 4.90 Å². The Morgan fingerprint density at radius 3 is 2.86 bits per heavy atom. The van der Waals surface area contributed by atoms with Crippen molar-refractivity contribution >= 4 is 11.9 Å². The van der Waals surface area contributed by atoms with Crippen molar-refractivity contribution in [1.29, 1.82) is 0 Å². The van der Waals surface area contributed by atoms with Gasteiger partial charge in [0.05, 0.1) is 13.0 Å². The number of amides is 1. The van der Waals surface area contributed by atoms with E-state index in [1.165, 1.54) is 0 Å². The number of hydrogen-bond acceptors (Lipinski definition) is 3. The number of carboxylic acids is 1. The van der Waals surface area contributed by atoms with Crippen LogP contribution in [0.2, 0.25) is 0 Å². The van der Waals surface area contributed by atoms with Crippen LogP contribution in [0.3, 0.4) is 0 Å². The van der Waals surface area contributed by atoms with Crippen LogP contribution in [0.25, 0.3) is 0 Å². The maximum Gasteiger partial charge on any atom is 0.308 e. The standard InChI is InChI=1S/C16H19NO4/c1-21-12-4-2-3-10(7-12)13-8-14(13)15(18)17-6-5-11(9-17)16(19)20/h2-4,7,11,13-14H,5-6,8-9H2,1H3,(H,19,20). The van der Waals surface area contributed by atoms with Gasteiger partial charge in [0, 0.05) is 19.0 Å². The third kappa shape index (κ3) is 2.73. The van der Waals surface area contributed by atoms with Crippen LogP contribution in [-0.2, 0) is 9.59 Å². The number of carbonyl (C=O) groups is 2. The second kappa shape index (κ2) is 5.39. The first kappa shape index (κ1) is 13.9. The van der Waals surface area contributed by atoms with E-state index in [0.717, 1.165) is 17.7 Å². The highest BCUT2D eigenvalue weighted by molar-refractivity contribution is 5.84. The summed E-state index contributed by atoms with van der Waals surface area (Å²) in [4.78, 5) is 25.1. The normalized spacial score (nSPS) is 27.5.